The van der Waals surface area contributed by atoms with Crippen molar-refractivity contribution < 1.29 is 9.53 Å². The predicted octanol–water partition coefficient (Wildman–Crippen LogP) is 0.761. The van der Waals surface area contributed by atoms with E-state index in [-0.39, 0.29) is 24.0 Å². The molecule has 6 heteroatoms. The number of carbonyl (C=O) groups is 1. The summed E-state index contributed by atoms with van der Waals surface area (Å²) < 4.78 is 5.46. The lowest BCUT2D eigenvalue weighted by molar-refractivity contribution is -0.121. The van der Waals surface area contributed by atoms with Crippen LogP contribution in [-0.4, -0.2) is 35.4 Å². The van der Waals surface area contributed by atoms with Gasteiger partial charge in [0.05, 0.1) is 23.6 Å². The number of aromatic amines is 1. The molecule has 0 bridgehead atoms. The van der Waals surface area contributed by atoms with Crippen LogP contribution < -0.4 is 10.9 Å². The zero-order valence-electron chi connectivity index (χ0n) is 11.6. The maximum absolute atomic E-state index is 12.0. The summed E-state index contributed by atoms with van der Waals surface area (Å²) in [5, 5.41) is 10.6. The van der Waals surface area contributed by atoms with Gasteiger partial charge in [-0.05, 0) is 18.9 Å². The van der Waals surface area contributed by atoms with Gasteiger partial charge in [-0.2, -0.15) is 5.10 Å². The fourth-order valence-electron chi connectivity index (χ4n) is 2.55. The first-order valence-electron chi connectivity index (χ1n) is 7.08. The normalized spacial score (nSPS) is 18.0. The van der Waals surface area contributed by atoms with Crippen LogP contribution in [0, 0.1) is 0 Å². The van der Waals surface area contributed by atoms with Gasteiger partial charge in [-0.3, -0.25) is 9.59 Å². The van der Waals surface area contributed by atoms with Gasteiger partial charge in [0.2, 0.25) is 5.91 Å². The molecule has 21 heavy (non-hydrogen) atoms. The largest absolute Gasteiger partial charge is 0.376 e. The van der Waals surface area contributed by atoms with E-state index in [0.29, 0.717) is 23.0 Å². The van der Waals surface area contributed by atoms with Gasteiger partial charge in [-0.15, -0.1) is 0 Å². The van der Waals surface area contributed by atoms with Crippen molar-refractivity contribution in [2.24, 2.45) is 0 Å². The van der Waals surface area contributed by atoms with Crippen LogP contribution in [0.3, 0.4) is 0 Å². The van der Waals surface area contributed by atoms with Gasteiger partial charge < -0.3 is 10.1 Å². The Hall–Kier alpha value is -2.21. The van der Waals surface area contributed by atoms with Gasteiger partial charge in [0.15, 0.2) is 0 Å². The lowest BCUT2D eigenvalue weighted by Gasteiger charge is -2.11. The average Bonchev–Trinajstić information content (AvgIpc) is 3.02. The number of H-pyrrole nitrogens is 1. The number of carbonyl (C=O) groups excluding carboxylic acids is 1. The van der Waals surface area contributed by atoms with Crippen molar-refractivity contribution in [3.8, 4) is 0 Å². The maximum atomic E-state index is 12.0. The number of rotatable bonds is 4. The van der Waals surface area contributed by atoms with E-state index in [1.807, 2.05) is 6.07 Å². The number of hydrogen-bond donors (Lipinski definition) is 2. The first-order valence-corrected chi connectivity index (χ1v) is 7.08. The minimum absolute atomic E-state index is 0.116. The molecule has 0 saturated carbocycles. The number of ether oxygens (including phenoxy) is 1. The summed E-state index contributed by atoms with van der Waals surface area (Å²) in [5.74, 6) is -0.116. The fourth-order valence-corrected chi connectivity index (χ4v) is 2.55. The molecule has 3 rings (SSSR count). The number of benzene rings is 1. The number of nitrogens with zero attached hydrogens (tertiary/aromatic N) is 1. The Balaban J connectivity index is 1.71. The van der Waals surface area contributed by atoms with Crippen LogP contribution >= 0.6 is 0 Å². The Morgan fingerprint density at radius 2 is 2.19 bits per heavy atom. The van der Waals surface area contributed by atoms with Gasteiger partial charge in [0, 0.05) is 18.5 Å². The highest BCUT2D eigenvalue weighted by Gasteiger charge is 2.17. The highest BCUT2D eigenvalue weighted by molar-refractivity contribution is 5.88. The predicted molar refractivity (Wildman–Crippen MR) is 78.1 cm³/mol. The van der Waals surface area contributed by atoms with E-state index in [4.69, 9.17) is 4.74 Å². The molecule has 1 aliphatic rings. The summed E-state index contributed by atoms with van der Waals surface area (Å²) in [5.41, 5.74) is 0.337. The SMILES string of the molecule is O=C(Cc1n[nH]c(=O)c2ccccc12)NCC1CCCO1. The Morgan fingerprint density at radius 1 is 1.38 bits per heavy atom. The van der Waals surface area contributed by atoms with E-state index < -0.39 is 0 Å². The molecular weight excluding hydrogens is 270 g/mol. The zero-order valence-corrected chi connectivity index (χ0v) is 11.6. The van der Waals surface area contributed by atoms with Crippen molar-refractivity contribution in [1.82, 2.24) is 15.5 Å². The first kappa shape index (κ1) is 13.8. The molecule has 1 aromatic heterocycles. The second-order valence-electron chi connectivity index (χ2n) is 5.16. The van der Waals surface area contributed by atoms with Gasteiger partial charge in [0.25, 0.3) is 5.56 Å². The lowest BCUT2D eigenvalue weighted by Crippen LogP contribution is -2.33. The van der Waals surface area contributed by atoms with Crippen LogP contribution in [0.2, 0.25) is 0 Å². The van der Waals surface area contributed by atoms with E-state index in [2.05, 4.69) is 15.5 Å². The summed E-state index contributed by atoms with van der Waals surface area (Å²) >= 11 is 0. The third-order valence-electron chi connectivity index (χ3n) is 3.65. The third-order valence-corrected chi connectivity index (χ3v) is 3.65. The van der Waals surface area contributed by atoms with Crippen molar-refractivity contribution >= 4 is 16.7 Å². The number of nitrogens with one attached hydrogen (secondary N) is 2. The fraction of sp³-hybridized carbons (Fsp3) is 0.400. The van der Waals surface area contributed by atoms with Crippen molar-refractivity contribution in [3.05, 3.63) is 40.3 Å². The van der Waals surface area contributed by atoms with Crippen LogP contribution in [0.5, 0.6) is 0 Å². The number of amides is 1. The smallest absolute Gasteiger partial charge is 0.272 e. The van der Waals surface area contributed by atoms with E-state index in [1.54, 1.807) is 18.2 Å². The van der Waals surface area contributed by atoms with Crippen molar-refractivity contribution in [1.29, 1.82) is 0 Å². The van der Waals surface area contributed by atoms with Crippen LogP contribution in [0.4, 0.5) is 0 Å². The van der Waals surface area contributed by atoms with Crippen molar-refractivity contribution in [2.45, 2.75) is 25.4 Å². The number of aromatic nitrogens is 2. The summed E-state index contributed by atoms with van der Waals surface area (Å²) in [6, 6.07) is 7.15. The van der Waals surface area contributed by atoms with E-state index in [0.717, 1.165) is 19.4 Å². The molecule has 1 aliphatic heterocycles. The Kier molecular flexibility index (Phi) is 3.96. The van der Waals surface area contributed by atoms with Crippen LogP contribution in [0.25, 0.3) is 10.8 Å². The second-order valence-corrected chi connectivity index (χ2v) is 5.16. The molecule has 1 unspecified atom stereocenters. The zero-order chi connectivity index (χ0) is 14.7. The summed E-state index contributed by atoms with van der Waals surface area (Å²) in [6.45, 7) is 1.30. The maximum Gasteiger partial charge on any atom is 0.272 e. The molecule has 1 atom stereocenters. The minimum Gasteiger partial charge on any atom is -0.376 e. The van der Waals surface area contributed by atoms with Gasteiger partial charge in [0.1, 0.15) is 0 Å². The van der Waals surface area contributed by atoms with E-state index in [1.165, 1.54) is 0 Å². The Morgan fingerprint density at radius 3 is 2.95 bits per heavy atom. The third kappa shape index (κ3) is 3.11. The molecule has 2 heterocycles. The minimum atomic E-state index is -0.242. The summed E-state index contributed by atoms with van der Waals surface area (Å²) in [7, 11) is 0. The van der Waals surface area contributed by atoms with Crippen molar-refractivity contribution in [3.63, 3.8) is 0 Å². The molecule has 0 spiro atoms. The highest BCUT2D eigenvalue weighted by Crippen LogP contribution is 2.13. The first-order chi connectivity index (χ1) is 10.2. The van der Waals surface area contributed by atoms with Gasteiger partial charge in [-0.1, -0.05) is 18.2 Å². The second kappa shape index (κ2) is 6.05. The average molecular weight is 287 g/mol. The molecule has 2 N–H and O–H groups in total. The quantitative estimate of drug-likeness (QED) is 0.869. The Labute approximate surface area is 121 Å². The summed E-state index contributed by atoms with van der Waals surface area (Å²) in [6.07, 6.45) is 2.30. The van der Waals surface area contributed by atoms with E-state index in [9.17, 15) is 9.59 Å². The number of fused-ring (bicyclic) bond motifs is 1. The van der Waals surface area contributed by atoms with Crippen LogP contribution in [0.1, 0.15) is 18.5 Å². The molecule has 1 aromatic carbocycles. The van der Waals surface area contributed by atoms with Gasteiger partial charge >= 0.3 is 0 Å². The monoisotopic (exact) mass is 287 g/mol. The lowest BCUT2D eigenvalue weighted by atomic mass is 10.1. The van der Waals surface area contributed by atoms with Gasteiger partial charge in [-0.25, -0.2) is 5.10 Å². The number of hydrogen-bond acceptors (Lipinski definition) is 4. The topological polar surface area (TPSA) is 84.1 Å². The van der Waals surface area contributed by atoms with Crippen molar-refractivity contribution in [2.75, 3.05) is 13.2 Å². The molecule has 1 amide bonds. The van der Waals surface area contributed by atoms with Crippen LogP contribution in [-0.2, 0) is 16.0 Å². The molecule has 110 valence electrons. The molecular formula is C15H17N3O3. The molecule has 2 aromatic rings. The molecule has 6 nitrogen and oxygen atoms in total. The standard InChI is InChI=1S/C15H17N3O3/c19-14(16-9-10-4-3-7-21-10)8-13-11-5-1-2-6-12(11)15(20)18-17-13/h1-2,5-6,10H,3-4,7-9H2,(H,16,19)(H,18,20). The highest BCUT2D eigenvalue weighted by atomic mass is 16.5. The molecule has 1 fully saturated rings. The molecule has 0 radical (unpaired) electrons. The Bertz CT molecular complexity index is 705. The van der Waals surface area contributed by atoms with Crippen LogP contribution in [0.15, 0.2) is 29.1 Å². The van der Waals surface area contributed by atoms with E-state index >= 15 is 0 Å². The molecule has 1 saturated heterocycles. The summed E-state index contributed by atoms with van der Waals surface area (Å²) in [4.78, 5) is 23.7. The molecule has 0 aliphatic carbocycles.